The van der Waals surface area contributed by atoms with Crippen molar-refractivity contribution in [3.63, 3.8) is 0 Å². The van der Waals surface area contributed by atoms with E-state index in [2.05, 4.69) is 5.32 Å². The lowest BCUT2D eigenvalue weighted by molar-refractivity contribution is 0.0731. The summed E-state index contributed by atoms with van der Waals surface area (Å²) >= 11 is 0.781. The van der Waals surface area contributed by atoms with Gasteiger partial charge in [-0.05, 0) is 18.2 Å². The van der Waals surface area contributed by atoms with Crippen LogP contribution in [0.2, 0.25) is 0 Å². The van der Waals surface area contributed by atoms with Crippen molar-refractivity contribution in [1.82, 2.24) is 4.31 Å². The second-order valence-corrected chi connectivity index (χ2v) is 9.06. The molecule has 0 bridgehead atoms. The SMILES string of the molecule is COc1ccccc1C(=O)Nc1sc(S(=O)(=O)N2CCOCC2)cc1C(N)=O. The Hall–Kier alpha value is -2.47. The first-order valence-corrected chi connectivity index (χ1v) is 10.6. The maximum Gasteiger partial charge on any atom is 0.260 e. The number of primary amides is 1. The molecular weight excluding hydrogens is 406 g/mol. The Bertz CT molecular complexity index is 996. The summed E-state index contributed by atoms with van der Waals surface area (Å²) in [6.45, 7) is 1.03. The molecule has 2 aromatic rings. The topological polar surface area (TPSA) is 128 Å². The number of hydrogen-bond acceptors (Lipinski definition) is 7. The van der Waals surface area contributed by atoms with Crippen LogP contribution < -0.4 is 15.8 Å². The molecule has 1 aliphatic heterocycles. The molecule has 0 unspecified atom stereocenters. The fraction of sp³-hybridized carbons (Fsp3) is 0.294. The zero-order valence-electron chi connectivity index (χ0n) is 15.0. The number of rotatable bonds is 6. The Balaban J connectivity index is 1.93. The normalized spacial score (nSPS) is 15.2. The number of anilines is 1. The molecule has 2 amide bonds. The van der Waals surface area contributed by atoms with Gasteiger partial charge in [-0.25, -0.2) is 8.42 Å². The first-order valence-electron chi connectivity index (χ1n) is 8.30. The number of benzene rings is 1. The van der Waals surface area contributed by atoms with Gasteiger partial charge in [-0.3, -0.25) is 9.59 Å². The molecule has 2 heterocycles. The van der Waals surface area contributed by atoms with Gasteiger partial charge in [0.2, 0.25) is 0 Å². The van der Waals surface area contributed by atoms with E-state index >= 15 is 0 Å². The van der Waals surface area contributed by atoms with Crippen LogP contribution in [0.25, 0.3) is 0 Å². The van der Waals surface area contributed by atoms with E-state index < -0.39 is 21.8 Å². The van der Waals surface area contributed by atoms with Crippen LogP contribution in [0.4, 0.5) is 5.00 Å². The Morgan fingerprint density at radius 2 is 1.89 bits per heavy atom. The number of morpholine rings is 1. The number of para-hydroxylation sites is 1. The van der Waals surface area contributed by atoms with E-state index in [1.165, 1.54) is 17.5 Å². The number of carbonyl (C=O) groups is 2. The third-order valence-corrected chi connectivity index (χ3v) is 7.52. The van der Waals surface area contributed by atoms with E-state index in [4.69, 9.17) is 15.2 Å². The largest absolute Gasteiger partial charge is 0.496 e. The van der Waals surface area contributed by atoms with Crippen molar-refractivity contribution in [3.8, 4) is 5.75 Å². The van der Waals surface area contributed by atoms with Crippen LogP contribution >= 0.6 is 11.3 Å². The molecule has 1 saturated heterocycles. The van der Waals surface area contributed by atoms with Crippen molar-refractivity contribution in [2.45, 2.75) is 4.21 Å². The summed E-state index contributed by atoms with van der Waals surface area (Å²) in [6, 6.07) is 7.73. The molecule has 11 heteroatoms. The molecule has 1 aromatic heterocycles. The summed E-state index contributed by atoms with van der Waals surface area (Å²) in [7, 11) is -2.39. The molecule has 0 aliphatic carbocycles. The minimum Gasteiger partial charge on any atom is -0.496 e. The van der Waals surface area contributed by atoms with Gasteiger partial charge in [0.25, 0.3) is 21.8 Å². The summed E-state index contributed by atoms with van der Waals surface area (Å²) in [5, 5.41) is 2.63. The Morgan fingerprint density at radius 3 is 2.54 bits per heavy atom. The van der Waals surface area contributed by atoms with Gasteiger partial charge < -0.3 is 20.5 Å². The first-order chi connectivity index (χ1) is 13.3. The molecule has 0 atom stereocenters. The van der Waals surface area contributed by atoms with Crippen molar-refractivity contribution in [1.29, 1.82) is 0 Å². The van der Waals surface area contributed by atoms with Gasteiger partial charge in [-0.15, -0.1) is 11.3 Å². The summed E-state index contributed by atoms with van der Waals surface area (Å²) in [6.07, 6.45) is 0. The third-order valence-electron chi connectivity index (χ3n) is 4.12. The number of carbonyl (C=O) groups excluding carboxylic acids is 2. The highest BCUT2D eigenvalue weighted by Gasteiger charge is 2.30. The maximum atomic E-state index is 12.8. The van der Waals surface area contributed by atoms with Crippen molar-refractivity contribution in [2.75, 3.05) is 38.7 Å². The van der Waals surface area contributed by atoms with Crippen LogP contribution in [-0.4, -0.2) is 58.0 Å². The molecular formula is C17H19N3O6S2. The molecule has 28 heavy (non-hydrogen) atoms. The minimum atomic E-state index is -3.82. The van der Waals surface area contributed by atoms with Crippen LogP contribution in [0.5, 0.6) is 5.75 Å². The smallest absolute Gasteiger partial charge is 0.260 e. The zero-order valence-corrected chi connectivity index (χ0v) is 16.6. The number of hydrogen-bond donors (Lipinski definition) is 2. The summed E-state index contributed by atoms with van der Waals surface area (Å²) in [4.78, 5) is 24.4. The highest BCUT2D eigenvalue weighted by molar-refractivity contribution is 7.91. The van der Waals surface area contributed by atoms with E-state index in [0.29, 0.717) is 19.0 Å². The number of amides is 2. The fourth-order valence-corrected chi connectivity index (χ4v) is 5.62. The quantitative estimate of drug-likeness (QED) is 0.714. The maximum absolute atomic E-state index is 12.8. The Morgan fingerprint density at radius 1 is 1.21 bits per heavy atom. The van der Waals surface area contributed by atoms with Gasteiger partial charge in [0.15, 0.2) is 0 Å². The van der Waals surface area contributed by atoms with Gasteiger partial charge in [0.1, 0.15) is 15.0 Å². The average Bonchev–Trinajstić information content (AvgIpc) is 3.13. The molecule has 0 radical (unpaired) electrons. The highest BCUT2D eigenvalue weighted by atomic mass is 32.2. The van der Waals surface area contributed by atoms with Crippen molar-refractivity contribution >= 4 is 38.2 Å². The van der Waals surface area contributed by atoms with E-state index in [1.54, 1.807) is 24.3 Å². The Kier molecular flexibility index (Phi) is 5.98. The Labute approximate surface area is 166 Å². The molecule has 3 N–H and O–H groups in total. The van der Waals surface area contributed by atoms with Crippen LogP contribution in [0.1, 0.15) is 20.7 Å². The molecule has 9 nitrogen and oxygen atoms in total. The van der Waals surface area contributed by atoms with Gasteiger partial charge in [0, 0.05) is 13.1 Å². The molecule has 150 valence electrons. The number of thiophene rings is 1. The zero-order chi connectivity index (χ0) is 20.3. The van der Waals surface area contributed by atoms with E-state index in [-0.39, 0.29) is 33.4 Å². The number of ether oxygens (including phenoxy) is 2. The van der Waals surface area contributed by atoms with Crippen molar-refractivity contribution < 1.29 is 27.5 Å². The number of nitrogens with two attached hydrogens (primary N) is 1. The fourth-order valence-electron chi connectivity index (χ4n) is 2.69. The summed E-state index contributed by atoms with van der Waals surface area (Å²) < 4.78 is 37.2. The number of sulfonamides is 1. The van der Waals surface area contributed by atoms with Crippen molar-refractivity contribution in [2.24, 2.45) is 5.73 Å². The number of methoxy groups -OCH3 is 1. The second kappa shape index (κ2) is 8.27. The predicted octanol–water partition coefficient (Wildman–Crippen LogP) is 1.13. The summed E-state index contributed by atoms with van der Waals surface area (Å²) in [5.74, 6) is -1.04. The molecule has 1 aliphatic rings. The van der Waals surface area contributed by atoms with Gasteiger partial charge in [-0.1, -0.05) is 12.1 Å². The van der Waals surface area contributed by atoms with E-state index in [1.807, 2.05) is 0 Å². The standard InChI is InChI=1S/C17H19N3O6S2/c1-25-13-5-3-2-4-11(13)16(22)19-17-12(15(18)21)10-14(27-17)28(23,24)20-6-8-26-9-7-20/h2-5,10H,6-9H2,1H3,(H2,18,21)(H,19,22). The molecule has 0 saturated carbocycles. The number of nitrogens with one attached hydrogen (secondary N) is 1. The molecule has 0 spiro atoms. The van der Waals surface area contributed by atoms with Crippen LogP contribution in [0.3, 0.4) is 0 Å². The predicted molar refractivity (Wildman–Crippen MR) is 103 cm³/mol. The average molecular weight is 425 g/mol. The van der Waals surface area contributed by atoms with Crippen LogP contribution in [-0.2, 0) is 14.8 Å². The number of nitrogens with zero attached hydrogens (tertiary/aromatic N) is 1. The third kappa shape index (κ3) is 4.02. The molecule has 1 fully saturated rings. The van der Waals surface area contributed by atoms with Gasteiger partial charge >= 0.3 is 0 Å². The molecule has 3 rings (SSSR count). The lowest BCUT2D eigenvalue weighted by Gasteiger charge is -2.25. The van der Waals surface area contributed by atoms with E-state index in [0.717, 1.165) is 11.3 Å². The van der Waals surface area contributed by atoms with Crippen LogP contribution in [0, 0.1) is 0 Å². The van der Waals surface area contributed by atoms with Gasteiger partial charge in [-0.2, -0.15) is 4.31 Å². The minimum absolute atomic E-state index is 0.0650. The molecule has 1 aromatic carbocycles. The lowest BCUT2D eigenvalue weighted by Crippen LogP contribution is -2.40. The highest BCUT2D eigenvalue weighted by Crippen LogP contribution is 2.34. The van der Waals surface area contributed by atoms with Crippen molar-refractivity contribution in [3.05, 3.63) is 41.5 Å². The lowest BCUT2D eigenvalue weighted by atomic mass is 10.2. The summed E-state index contributed by atoms with van der Waals surface area (Å²) in [5.41, 5.74) is 5.56. The van der Waals surface area contributed by atoms with E-state index in [9.17, 15) is 18.0 Å². The van der Waals surface area contributed by atoms with Crippen LogP contribution in [0.15, 0.2) is 34.5 Å². The van der Waals surface area contributed by atoms with Gasteiger partial charge in [0.05, 0.1) is 31.5 Å². The second-order valence-electron chi connectivity index (χ2n) is 5.84. The monoisotopic (exact) mass is 425 g/mol. The first kappa shape index (κ1) is 20.3.